The van der Waals surface area contributed by atoms with E-state index in [0.717, 1.165) is 25.8 Å². The normalized spacial score (nSPS) is 35.4. The summed E-state index contributed by atoms with van der Waals surface area (Å²) < 4.78 is 0. The lowest BCUT2D eigenvalue weighted by Crippen LogP contribution is -2.57. The lowest BCUT2D eigenvalue weighted by atomic mass is 9.76. The Bertz CT molecular complexity index is 310. The highest BCUT2D eigenvalue weighted by molar-refractivity contribution is 5.86. The topological polar surface area (TPSA) is 55.1 Å². The summed E-state index contributed by atoms with van der Waals surface area (Å²) in [6.07, 6.45) is 9.07. The first-order chi connectivity index (χ1) is 8.44. The Balaban J connectivity index is 1.87. The van der Waals surface area contributed by atoms with Gasteiger partial charge in [-0.15, -0.1) is 0 Å². The molecule has 2 aliphatic carbocycles. The van der Waals surface area contributed by atoms with Crippen molar-refractivity contribution in [1.82, 2.24) is 5.32 Å². The molecule has 0 saturated heterocycles. The Morgan fingerprint density at radius 1 is 1.28 bits per heavy atom. The van der Waals surface area contributed by atoms with Crippen molar-refractivity contribution in [2.75, 3.05) is 6.54 Å². The van der Waals surface area contributed by atoms with Crippen molar-refractivity contribution in [2.24, 2.45) is 17.1 Å². The van der Waals surface area contributed by atoms with Gasteiger partial charge in [-0.2, -0.15) is 0 Å². The van der Waals surface area contributed by atoms with Crippen LogP contribution in [0.1, 0.15) is 65.2 Å². The SMILES string of the molecule is CC1CCCC(N)(C(=O)NCC2(C)CCCC2)C1. The number of nitrogens with two attached hydrogens (primary N) is 1. The van der Waals surface area contributed by atoms with Crippen LogP contribution in [0.2, 0.25) is 0 Å². The maximum absolute atomic E-state index is 12.3. The van der Waals surface area contributed by atoms with Crippen LogP contribution in [-0.4, -0.2) is 18.0 Å². The van der Waals surface area contributed by atoms with Crippen LogP contribution < -0.4 is 11.1 Å². The van der Waals surface area contributed by atoms with Gasteiger partial charge in [0.15, 0.2) is 0 Å². The lowest BCUT2D eigenvalue weighted by Gasteiger charge is -2.36. The van der Waals surface area contributed by atoms with Crippen LogP contribution in [0, 0.1) is 11.3 Å². The smallest absolute Gasteiger partial charge is 0.240 e. The highest BCUT2D eigenvalue weighted by Gasteiger charge is 2.39. The molecule has 104 valence electrons. The molecule has 2 aliphatic rings. The number of hydrogen-bond donors (Lipinski definition) is 2. The molecule has 0 heterocycles. The van der Waals surface area contributed by atoms with Gasteiger partial charge < -0.3 is 11.1 Å². The Morgan fingerprint density at radius 3 is 2.56 bits per heavy atom. The molecule has 3 N–H and O–H groups in total. The summed E-state index contributed by atoms with van der Waals surface area (Å²) in [6.45, 7) is 5.29. The standard InChI is InChI=1S/C15H28N2O/c1-12-6-5-9-15(16,10-12)13(18)17-11-14(2)7-3-4-8-14/h12H,3-11,16H2,1-2H3,(H,17,18). The zero-order chi connectivity index (χ0) is 13.2. The molecular weight excluding hydrogens is 224 g/mol. The van der Waals surface area contributed by atoms with E-state index in [0.29, 0.717) is 11.3 Å². The minimum atomic E-state index is -0.605. The molecule has 2 atom stereocenters. The number of nitrogens with one attached hydrogen (secondary N) is 1. The van der Waals surface area contributed by atoms with Crippen molar-refractivity contribution in [2.45, 2.75) is 70.8 Å². The van der Waals surface area contributed by atoms with E-state index in [-0.39, 0.29) is 5.91 Å². The second-order valence-electron chi connectivity index (χ2n) is 7.06. The lowest BCUT2D eigenvalue weighted by molar-refractivity contribution is -0.128. The van der Waals surface area contributed by atoms with Crippen molar-refractivity contribution in [1.29, 1.82) is 0 Å². The summed E-state index contributed by atoms with van der Waals surface area (Å²) in [7, 11) is 0. The summed E-state index contributed by atoms with van der Waals surface area (Å²) >= 11 is 0. The molecule has 0 aromatic carbocycles. The highest BCUT2D eigenvalue weighted by Crippen LogP contribution is 2.37. The van der Waals surface area contributed by atoms with E-state index in [4.69, 9.17) is 5.73 Å². The predicted octanol–water partition coefficient (Wildman–Crippen LogP) is 2.59. The van der Waals surface area contributed by atoms with Crippen LogP contribution in [0.25, 0.3) is 0 Å². The fraction of sp³-hybridized carbons (Fsp3) is 0.933. The summed E-state index contributed by atoms with van der Waals surface area (Å²) in [4.78, 5) is 12.3. The second-order valence-corrected chi connectivity index (χ2v) is 7.06. The highest BCUT2D eigenvalue weighted by atomic mass is 16.2. The average Bonchev–Trinajstić information content (AvgIpc) is 2.73. The quantitative estimate of drug-likeness (QED) is 0.811. The monoisotopic (exact) mass is 252 g/mol. The molecule has 2 unspecified atom stereocenters. The summed E-state index contributed by atoms with van der Waals surface area (Å²) in [5.74, 6) is 0.666. The molecule has 3 nitrogen and oxygen atoms in total. The molecule has 3 heteroatoms. The Morgan fingerprint density at radius 2 is 1.94 bits per heavy atom. The molecule has 0 radical (unpaired) electrons. The van der Waals surface area contributed by atoms with Crippen molar-refractivity contribution in [3.63, 3.8) is 0 Å². The van der Waals surface area contributed by atoms with Gasteiger partial charge in [0.2, 0.25) is 5.91 Å². The first-order valence-electron chi connectivity index (χ1n) is 7.51. The van der Waals surface area contributed by atoms with E-state index < -0.39 is 5.54 Å². The summed E-state index contributed by atoms with van der Waals surface area (Å²) in [5, 5.41) is 3.13. The minimum absolute atomic E-state index is 0.0853. The van der Waals surface area contributed by atoms with Gasteiger partial charge in [0.1, 0.15) is 0 Å². The fourth-order valence-corrected chi connectivity index (χ4v) is 3.67. The molecule has 2 saturated carbocycles. The van der Waals surface area contributed by atoms with E-state index in [1.54, 1.807) is 0 Å². The Kier molecular flexibility index (Phi) is 4.00. The summed E-state index contributed by atoms with van der Waals surface area (Å²) in [6, 6.07) is 0. The molecule has 18 heavy (non-hydrogen) atoms. The third-order valence-corrected chi connectivity index (χ3v) is 4.97. The molecule has 0 aromatic rings. The molecule has 1 amide bonds. The van der Waals surface area contributed by atoms with Gasteiger partial charge in [-0.25, -0.2) is 0 Å². The van der Waals surface area contributed by atoms with Gasteiger partial charge in [-0.05, 0) is 37.0 Å². The number of rotatable bonds is 3. The minimum Gasteiger partial charge on any atom is -0.354 e. The Labute approximate surface area is 111 Å². The number of hydrogen-bond acceptors (Lipinski definition) is 2. The third-order valence-electron chi connectivity index (χ3n) is 4.97. The molecular formula is C15H28N2O. The zero-order valence-corrected chi connectivity index (χ0v) is 11.9. The molecule has 2 rings (SSSR count). The maximum atomic E-state index is 12.3. The van der Waals surface area contributed by atoms with Crippen LogP contribution in [0.15, 0.2) is 0 Å². The first-order valence-corrected chi connectivity index (χ1v) is 7.51. The van der Waals surface area contributed by atoms with E-state index in [1.165, 1.54) is 32.1 Å². The van der Waals surface area contributed by atoms with Crippen LogP contribution in [0.4, 0.5) is 0 Å². The van der Waals surface area contributed by atoms with Gasteiger partial charge in [-0.3, -0.25) is 4.79 Å². The van der Waals surface area contributed by atoms with Gasteiger partial charge in [0.25, 0.3) is 0 Å². The summed E-state index contributed by atoms with van der Waals surface area (Å²) in [5.41, 5.74) is 6.02. The molecule has 2 fully saturated rings. The van der Waals surface area contributed by atoms with E-state index in [9.17, 15) is 4.79 Å². The number of carbonyl (C=O) groups excluding carboxylic acids is 1. The fourth-order valence-electron chi connectivity index (χ4n) is 3.67. The van der Waals surface area contributed by atoms with Crippen LogP contribution in [0.3, 0.4) is 0 Å². The predicted molar refractivity (Wildman–Crippen MR) is 74.1 cm³/mol. The van der Waals surface area contributed by atoms with Crippen LogP contribution in [0.5, 0.6) is 0 Å². The molecule has 0 spiro atoms. The van der Waals surface area contributed by atoms with Gasteiger partial charge in [0.05, 0.1) is 5.54 Å². The van der Waals surface area contributed by atoms with Crippen molar-refractivity contribution in [3.8, 4) is 0 Å². The van der Waals surface area contributed by atoms with Crippen molar-refractivity contribution in [3.05, 3.63) is 0 Å². The molecule has 0 bridgehead atoms. The van der Waals surface area contributed by atoms with Gasteiger partial charge in [-0.1, -0.05) is 39.5 Å². The maximum Gasteiger partial charge on any atom is 0.240 e. The van der Waals surface area contributed by atoms with Crippen molar-refractivity contribution < 1.29 is 4.79 Å². The zero-order valence-electron chi connectivity index (χ0n) is 11.9. The third kappa shape index (κ3) is 3.05. The largest absolute Gasteiger partial charge is 0.354 e. The molecule has 0 aromatic heterocycles. The van der Waals surface area contributed by atoms with Crippen molar-refractivity contribution >= 4 is 5.91 Å². The van der Waals surface area contributed by atoms with E-state index in [2.05, 4.69) is 19.2 Å². The first kappa shape index (κ1) is 13.9. The van der Waals surface area contributed by atoms with Gasteiger partial charge in [0, 0.05) is 6.54 Å². The second kappa shape index (κ2) is 5.20. The van der Waals surface area contributed by atoms with Crippen LogP contribution in [-0.2, 0) is 4.79 Å². The number of amides is 1. The van der Waals surface area contributed by atoms with Crippen LogP contribution >= 0.6 is 0 Å². The van der Waals surface area contributed by atoms with E-state index in [1.807, 2.05) is 0 Å². The molecule has 0 aliphatic heterocycles. The average molecular weight is 252 g/mol. The van der Waals surface area contributed by atoms with E-state index >= 15 is 0 Å². The number of carbonyl (C=O) groups is 1. The van der Waals surface area contributed by atoms with Gasteiger partial charge >= 0.3 is 0 Å². The Hall–Kier alpha value is -0.570.